The molecule has 0 saturated heterocycles. The van der Waals surface area contributed by atoms with Gasteiger partial charge in [-0.15, -0.1) is 0 Å². The molecule has 0 amide bonds. The van der Waals surface area contributed by atoms with Gasteiger partial charge in [-0.2, -0.15) is 0 Å². The minimum absolute atomic E-state index is 0.222. The number of hydrogen-bond donors (Lipinski definition) is 2. The van der Waals surface area contributed by atoms with Crippen LogP contribution in [0.3, 0.4) is 0 Å². The van der Waals surface area contributed by atoms with E-state index in [1.54, 1.807) is 7.05 Å². The van der Waals surface area contributed by atoms with Crippen molar-refractivity contribution in [1.29, 1.82) is 0 Å². The van der Waals surface area contributed by atoms with Gasteiger partial charge in [-0.1, -0.05) is 11.6 Å². The summed E-state index contributed by atoms with van der Waals surface area (Å²) in [4.78, 5) is 0. The quantitative estimate of drug-likeness (QED) is 0.835. The van der Waals surface area contributed by atoms with Crippen LogP contribution in [-0.2, 0) is 0 Å². The highest BCUT2D eigenvalue weighted by atomic mass is 79.9. The molecule has 0 radical (unpaired) electrons. The van der Waals surface area contributed by atoms with Gasteiger partial charge in [0.2, 0.25) is 0 Å². The Balaban J connectivity index is 3.00. The number of hydrogen-bond acceptors (Lipinski definition) is 2. The fourth-order valence-corrected chi connectivity index (χ4v) is 1.52. The molecule has 0 bridgehead atoms. The predicted molar refractivity (Wildman–Crippen MR) is 58.0 cm³/mol. The molecule has 0 spiro atoms. The van der Waals surface area contributed by atoms with Crippen LogP contribution < -0.4 is 5.32 Å². The van der Waals surface area contributed by atoms with E-state index in [1.165, 1.54) is 12.1 Å². The second kappa shape index (κ2) is 5.07. The van der Waals surface area contributed by atoms with E-state index in [4.69, 9.17) is 11.6 Å². The van der Waals surface area contributed by atoms with Crippen LogP contribution in [0.5, 0.6) is 0 Å². The van der Waals surface area contributed by atoms with Gasteiger partial charge in [0.1, 0.15) is 5.82 Å². The number of rotatable bonds is 3. The summed E-state index contributed by atoms with van der Waals surface area (Å²) in [5.74, 6) is -0.470. The van der Waals surface area contributed by atoms with E-state index in [0.717, 1.165) is 0 Å². The van der Waals surface area contributed by atoms with Crippen LogP contribution in [-0.4, -0.2) is 18.7 Å². The van der Waals surface area contributed by atoms with Crippen molar-refractivity contribution in [2.45, 2.75) is 6.10 Å². The fraction of sp³-hybridized carbons (Fsp3) is 0.333. The number of aliphatic hydroxyl groups is 1. The molecule has 0 aromatic heterocycles. The molecule has 2 N–H and O–H groups in total. The lowest BCUT2D eigenvalue weighted by Gasteiger charge is -2.11. The molecule has 0 aliphatic rings. The maximum absolute atomic E-state index is 13.2. The molecule has 0 aliphatic carbocycles. The normalized spacial score (nSPS) is 12.9. The van der Waals surface area contributed by atoms with Gasteiger partial charge >= 0.3 is 0 Å². The third-order valence-electron chi connectivity index (χ3n) is 1.79. The summed E-state index contributed by atoms with van der Waals surface area (Å²) in [5, 5.41) is 12.6. The summed E-state index contributed by atoms with van der Waals surface area (Å²) < 4.78 is 13.4. The third-order valence-corrected chi connectivity index (χ3v) is 3.12. The SMILES string of the molecule is CNCC(O)c1cc(F)c(Br)c(Cl)c1. The van der Waals surface area contributed by atoms with E-state index >= 15 is 0 Å². The van der Waals surface area contributed by atoms with Crippen LogP contribution in [0, 0.1) is 5.82 Å². The van der Waals surface area contributed by atoms with Gasteiger partial charge in [-0.25, -0.2) is 4.39 Å². The molecule has 2 nitrogen and oxygen atoms in total. The first kappa shape index (κ1) is 11.9. The molecule has 0 saturated carbocycles. The molecule has 1 aromatic carbocycles. The highest BCUT2D eigenvalue weighted by molar-refractivity contribution is 9.10. The Morgan fingerprint density at radius 3 is 2.79 bits per heavy atom. The molecule has 14 heavy (non-hydrogen) atoms. The maximum atomic E-state index is 13.2. The van der Waals surface area contributed by atoms with Gasteiger partial charge in [0.05, 0.1) is 15.6 Å². The lowest BCUT2D eigenvalue weighted by atomic mass is 10.1. The number of likely N-dealkylation sites (N-methyl/N-ethyl adjacent to an activating group) is 1. The van der Waals surface area contributed by atoms with Gasteiger partial charge in [-0.3, -0.25) is 0 Å². The average molecular weight is 283 g/mol. The second-order valence-electron chi connectivity index (χ2n) is 2.87. The van der Waals surface area contributed by atoms with Crippen molar-refractivity contribution in [3.63, 3.8) is 0 Å². The topological polar surface area (TPSA) is 32.3 Å². The molecule has 0 aliphatic heterocycles. The maximum Gasteiger partial charge on any atom is 0.139 e. The summed E-state index contributed by atoms with van der Waals surface area (Å²) in [6, 6.07) is 2.80. The lowest BCUT2D eigenvalue weighted by molar-refractivity contribution is 0.177. The minimum Gasteiger partial charge on any atom is -0.387 e. The van der Waals surface area contributed by atoms with E-state index in [9.17, 15) is 9.50 Å². The molecule has 1 aromatic rings. The fourth-order valence-electron chi connectivity index (χ4n) is 1.08. The van der Waals surface area contributed by atoms with E-state index < -0.39 is 11.9 Å². The smallest absolute Gasteiger partial charge is 0.139 e. The minimum atomic E-state index is -0.750. The molecule has 1 atom stereocenters. The van der Waals surface area contributed by atoms with Crippen molar-refractivity contribution < 1.29 is 9.50 Å². The number of nitrogens with one attached hydrogen (secondary N) is 1. The lowest BCUT2D eigenvalue weighted by Crippen LogP contribution is -2.16. The van der Waals surface area contributed by atoms with E-state index in [0.29, 0.717) is 12.1 Å². The predicted octanol–water partition coefficient (Wildman–Crippen LogP) is 2.49. The van der Waals surface area contributed by atoms with Crippen molar-refractivity contribution in [2.75, 3.05) is 13.6 Å². The largest absolute Gasteiger partial charge is 0.387 e. The first-order valence-electron chi connectivity index (χ1n) is 4.03. The van der Waals surface area contributed by atoms with Crippen molar-refractivity contribution in [3.05, 3.63) is 33.0 Å². The van der Waals surface area contributed by atoms with Crippen LogP contribution in [0.2, 0.25) is 5.02 Å². The second-order valence-corrected chi connectivity index (χ2v) is 4.07. The number of benzene rings is 1. The van der Waals surface area contributed by atoms with Crippen molar-refractivity contribution >= 4 is 27.5 Å². The van der Waals surface area contributed by atoms with Gasteiger partial charge < -0.3 is 10.4 Å². The van der Waals surface area contributed by atoms with Crippen molar-refractivity contribution in [2.24, 2.45) is 0 Å². The molecule has 1 rings (SSSR count). The molecule has 5 heteroatoms. The molecular weight excluding hydrogens is 272 g/mol. The van der Waals surface area contributed by atoms with Crippen LogP contribution in [0.4, 0.5) is 4.39 Å². The number of halogens is 3. The van der Waals surface area contributed by atoms with Crippen molar-refractivity contribution in [3.8, 4) is 0 Å². The molecular formula is C9H10BrClFNO. The van der Waals surface area contributed by atoms with Gasteiger partial charge in [0, 0.05) is 6.54 Å². The van der Waals surface area contributed by atoms with Crippen LogP contribution in [0.1, 0.15) is 11.7 Å². The first-order valence-corrected chi connectivity index (χ1v) is 5.20. The third kappa shape index (κ3) is 2.67. The van der Waals surface area contributed by atoms with E-state index in [1.807, 2.05) is 0 Å². The molecule has 0 fully saturated rings. The first-order chi connectivity index (χ1) is 6.56. The zero-order valence-corrected chi connectivity index (χ0v) is 9.86. The Morgan fingerprint density at radius 2 is 2.29 bits per heavy atom. The zero-order chi connectivity index (χ0) is 10.7. The monoisotopic (exact) mass is 281 g/mol. The Hall–Kier alpha value is -0.160. The summed E-state index contributed by atoms with van der Waals surface area (Å²) >= 11 is 8.74. The van der Waals surface area contributed by atoms with E-state index in [2.05, 4.69) is 21.2 Å². The van der Waals surface area contributed by atoms with Crippen molar-refractivity contribution in [1.82, 2.24) is 5.32 Å². The summed E-state index contributed by atoms with van der Waals surface area (Å²) in [6.45, 7) is 0.359. The number of aliphatic hydroxyl groups excluding tert-OH is 1. The zero-order valence-electron chi connectivity index (χ0n) is 7.52. The van der Waals surface area contributed by atoms with Crippen LogP contribution >= 0.6 is 27.5 Å². The Kier molecular flexibility index (Phi) is 4.31. The van der Waals surface area contributed by atoms with Gasteiger partial charge in [0.15, 0.2) is 0 Å². The van der Waals surface area contributed by atoms with Gasteiger partial charge in [0.25, 0.3) is 0 Å². The Labute approximate surface area is 95.2 Å². The van der Waals surface area contributed by atoms with Gasteiger partial charge in [-0.05, 0) is 40.7 Å². The average Bonchev–Trinajstić information content (AvgIpc) is 2.13. The highest BCUT2D eigenvalue weighted by Crippen LogP contribution is 2.29. The van der Waals surface area contributed by atoms with E-state index in [-0.39, 0.29) is 9.50 Å². The summed E-state index contributed by atoms with van der Waals surface area (Å²) in [6.07, 6.45) is -0.750. The molecule has 78 valence electrons. The van der Waals surface area contributed by atoms with Crippen LogP contribution in [0.15, 0.2) is 16.6 Å². The highest BCUT2D eigenvalue weighted by Gasteiger charge is 2.12. The Bertz CT molecular complexity index is 312. The Morgan fingerprint density at radius 1 is 1.64 bits per heavy atom. The summed E-state index contributed by atoms with van der Waals surface area (Å²) in [7, 11) is 1.71. The standard InChI is InChI=1S/C9H10BrClFNO/c1-13-4-8(14)5-2-6(11)9(10)7(12)3-5/h2-3,8,13-14H,4H2,1H3. The molecule has 0 heterocycles. The summed E-state index contributed by atoms with van der Waals surface area (Å²) in [5.41, 5.74) is 0.463. The van der Waals surface area contributed by atoms with Crippen LogP contribution in [0.25, 0.3) is 0 Å². The molecule has 1 unspecified atom stereocenters.